The van der Waals surface area contributed by atoms with Crippen molar-refractivity contribution in [2.24, 2.45) is 0 Å². The topological polar surface area (TPSA) is 0 Å². The van der Waals surface area contributed by atoms with E-state index in [9.17, 15) is 17.6 Å². The number of rotatable bonds is 1. The van der Waals surface area contributed by atoms with Crippen LogP contribution in [0, 0.1) is 18.6 Å². The second-order valence-corrected chi connectivity index (χ2v) is 2.30. The summed E-state index contributed by atoms with van der Waals surface area (Å²) in [7, 11) is 0. The molecule has 0 aromatic heterocycles. The van der Waals surface area contributed by atoms with Crippen LogP contribution < -0.4 is 0 Å². The Bertz CT molecular complexity index is 267. The van der Waals surface area contributed by atoms with Gasteiger partial charge in [-0.1, -0.05) is 6.07 Å². The summed E-state index contributed by atoms with van der Waals surface area (Å²) in [5.74, 6) is -6.29. The van der Waals surface area contributed by atoms with Crippen molar-refractivity contribution < 1.29 is 17.6 Å². The van der Waals surface area contributed by atoms with Crippen LogP contribution in [-0.2, 0) is 5.92 Å². The molecule has 0 saturated heterocycles. The first-order valence-corrected chi connectivity index (χ1v) is 3.10. The van der Waals surface area contributed by atoms with Gasteiger partial charge in [0, 0.05) is 6.92 Å². The van der Waals surface area contributed by atoms with Crippen LogP contribution in [0.4, 0.5) is 17.6 Å². The lowest BCUT2D eigenvalue weighted by atomic mass is 10.1. The zero-order chi connectivity index (χ0) is 9.35. The Labute approximate surface area is 66.8 Å². The summed E-state index contributed by atoms with van der Waals surface area (Å²) < 4.78 is 49.9. The van der Waals surface area contributed by atoms with Crippen molar-refractivity contribution >= 4 is 0 Å². The van der Waals surface area contributed by atoms with Crippen LogP contribution in [0.15, 0.2) is 18.2 Å². The van der Waals surface area contributed by atoms with E-state index < -0.39 is 23.1 Å². The number of hydrogen-bond acceptors (Lipinski definition) is 0. The van der Waals surface area contributed by atoms with Crippen molar-refractivity contribution in [2.75, 3.05) is 0 Å². The molecule has 0 saturated carbocycles. The first-order valence-electron chi connectivity index (χ1n) is 3.10. The van der Waals surface area contributed by atoms with Gasteiger partial charge in [-0.05, 0) is 12.1 Å². The van der Waals surface area contributed by atoms with Gasteiger partial charge in [0.25, 0.3) is 5.92 Å². The maximum absolute atomic E-state index is 12.6. The van der Waals surface area contributed by atoms with Crippen molar-refractivity contribution in [1.82, 2.24) is 0 Å². The summed E-state index contributed by atoms with van der Waals surface area (Å²) in [4.78, 5) is 0. The fourth-order valence-electron chi connectivity index (χ4n) is 0.847. The highest BCUT2D eigenvalue weighted by Gasteiger charge is 2.31. The van der Waals surface area contributed by atoms with Gasteiger partial charge >= 0.3 is 0 Å². The van der Waals surface area contributed by atoms with E-state index in [1.54, 1.807) is 0 Å². The molecular formula is C8H5F4. The van der Waals surface area contributed by atoms with E-state index in [4.69, 9.17) is 0 Å². The molecule has 0 spiro atoms. The zero-order valence-electron chi connectivity index (χ0n) is 5.95. The minimum atomic E-state index is -3.73. The van der Waals surface area contributed by atoms with Crippen molar-refractivity contribution in [2.45, 2.75) is 5.92 Å². The van der Waals surface area contributed by atoms with Gasteiger partial charge < -0.3 is 0 Å². The summed E-state index contributed by atoms with van der Waals surface area (Å²) in [5, 5.41) is 0. The van der Waals surface area contributed by atoms with Crippen LogP contribution in [0.25, 0.3) is 0 Å². The van der Waals surface area contributed by atoms with E-state index in [-0.39, 0.29) is 0 Å². The summed E-state index contributed by atoms with van der Waals surface area (Å²) in [6, 6.07) is 2.54. The molecule has 0 aliphatic carbocycles. The Kier molecular flexibility index (Phi) is 2.08. The maximum Gasteiger partial charge on any atom is 0.279 e. The van der Waals surface area contributed by atoms with Gasteiger partial charge in [0.05, 0.1) is 5.56 Å². The first-order chi connectivity index (χ1) is 5.43. The van der Waals surface area contributed by atoms with E-state index in [1.165, 1.54) is 0 Å². The fourth-order valence-corrected chi connectivity index (χ4v) is 0.847. The lowest BCUT2D eigenvalue weighted by molar-refractivity contribution is 0.0404. The van der Waals surface area contributed by atoms with Gasteiger partial charge in [0.15, 0.2) is 0 Å². The molecule has 0 N–H and O–H groups in total. The zero-order valence-corrected chi connectivity index (χ0v) is 5.95. The molecule has 12 heavy (non-hydrogen) atoms. The number of hydrogen-bond donors (Lipinski definition) is 0. The Hall–Kier alpha value is -1.06. The summed E-state index contributed by atoms with van der Waals surface area (Å²) >= 11 is 0. The van der Waals surface area contributed by atoms with Gasteiger partial charge in [-0.2, -0.15) is 0 Å². The molecule has 0 heterocycles. The Balaban J connectivity index is 3.31. The molecule has 0 bridgehead atoms. The number of alkyl halides is 2. The fraction of sp³-hybridized carbons (Fsp3) is 0.125. The van der Waals surface area contributed by atoms with Crippen molar-refractivity contribution in [1.29, 1.82) is 0 Å². The lowest BCUT2D eigenvalue weighted by Crippen LogP contribution is -2.12. The SMILES string of the molecule is [CH2]C(F)(F)c1c(F)cccc1F. The molecule has 1 rings (SSSR count). The van der Waals surface area contributed by atoms with E-state index in [1.807, 2.05) is 0 Å². The molecule has 1 aromatic carbocycles. The Morgan fingerprint density at radius 2 is 1.50 bits per heavy atom. The van der Waals surface area contributed by atoms with Crippen LogP contribution in [-0.4, -0.2) is 0 Å². The first kappa shape index (κ1) is 9.03. The monoisotopic (exact) mass is 177 g/mol. The molecule has 65 valence electrons. The molecule has 1 aromatic rings. The minimum Gasteiger partial charge on any atom is -0.206 e. The van der Waals surface area contributed by atoms with Gasteiger partial charge in [0.1, 0.15) is 11.6 Å². The summed E-state index contributed by atoms with van der Waals surface area (Å²) in [6.45, 7) is 2.35. The number of halogens is 4. The quantitative estimate of drug-likeness (QED) is 0.578. The average Bonchev–Trinajstić information content (AvgIpc) is 1.82. The van der Waals surface area contributed by atoms with E-state index in [0.29, 0.717) is 0 Å². The molecular weight excluding hydrogens is 172 g/mol. The molecule has 1 radical (unpaired) electrons. The van der Waals surface area contributed by atoms with Crippen molar-refractivity contribution in [3.05, 3.63) is 42.3 Å². The van der Waals surface area contributed by atoms with Crippen LogP contribution in [0.5, 0.6) is 0 Å². The van der Waals surface area contributed by atoms with E-state index in [0.717, 1.165) is 18.2 Å². The third-order valence-electron chi connectivity index (χ3n) is 1.33. The summed E-state index contributed by atoms with van der Waals surface area (Å²) in [5.41, 5.74) is -1.29. The van der Waals surface area contributed by atoms with E-state index >= 15 is 0 Å². The third-order valence-corrected chi connectivity index (χ3v) is 1.33. The average molecular weight is 177 g/mol. The smallest absolute Gasteiger partial charge is 0.206 e. The predicted molar refractivity (Wildman–Crippen MR) is 35.6 cm³/mol. The highest BCUT2D eigenvalue weighted by atomic mass is 19.3. The van der Waals surface area contributed by atoms with Crippen LogP contribution in [0.1, 0.15) is 5.56 Å². The highest BCUT2D eigenvalue weighted by molar-refractivity contribution is 5.24. The standard InChI is InChI=1S/C8H5F4/c1-8(11,12)7-5(9)3-2-4-6(7)10/h2-4H,1H2. The molecule has 0 nitrogen and oxygen atoms in total. The molecule has 0 unspecified atom stereocenters. The Morgan fingerprint density at radius 3 is 1.75 bits per heavy atom. The second kappa shape index (κ2) is 2.77. The molecule has 0 fully saturated rings. The lowest BCUT2D eigenvalue weighted by Gasteiger charge is -2.11. The van der Waals surface area contributed by atoms with Crippen molar-refractivity contribution in [3.8, 4) is 0 Å². The van der Waals surface area contributed by atoms with Crippen LogP contribution in [0.3, 0.4) is 0 Å². The normalized spacial score (nSPS) is 11.8. The molecule has 0 aliphatic rings. The molecule has 4 heteroatoms. The third kappa shape index (κ3) is 1.57. The largest absolute Gasteiger partial charge is 0.279 e. The highest BCUT2D eigenvalue weighted by Crippen LogP contribution is 2.30. The second-order valence-electron chi connectivity index (χ2n) is 2.30. The molecule has 0 amide bonds. The predicted octanol–water partition coefficient (Wildman–Crippen LogP) is 2.89. The molecule has 0 aliphatic heterocycles. The molecule has 0 atom stereocenters. The van der Waals surface area contributed by atoms with Gasteiger partial charge in [-0.15, -0.1) is 0 Å². The Morgan fingerprint density at radius 1 is 1.08 bits per heavy atom. The van der Waals surface area contributed by atoms with Crippen LogP contribution in [0.2, 0.25) is 0 Å². The minimum absolute atomic E-state index is 0.761. The van der Waals surface area contributed by atoms with Crippen LogP contribution >= 0.6 is 0 Å². The van der Waals surface area contributed by atoms with Gasteiger partial charge in [0.2, 0.25) is 0 Å². The van der Waals surface area contributed by atoms with Crippen molar-refractivity contribution in [3.63, 3.8) is 0 Å². The van der Waals surface area contributed by atoms with E-state index in [2.05, 4.69) is 6.92 Å². The maximum atomic E-state index is 12.6. The van der Waals surface area contributed by atoms with Gasteiger partial charge in [-0.25, -0.2) is 17.6 Å². The van der Waals surface area contributed by atoms with Gasteiger partial charge in [-0.3, -0.25) is 0 Å². The number of benzene rings is 1. The summed E-state index contributed by atoms with van der Waals surface area (Å²) in [6.07, 6.45) is 0.